The molecule has 2 amide bonds. The summed E-state index contributed by atoms with van der Waals surface area (Å²) in [6.07, 6.45) is 1.13. The van der Waals surface area contributed by atoms with Crippen LogP contribution in [-0.4, -0.2) is 33.9 Å². The largest absolute Gasteiger partial charge is 0.490 e. The summed E-state index contributed by atoms with van der Waals surface area (Å²) >= 11 is 0. The first kappa shape index (κ1) is 22.6. The number of benzene rings is 2. The number of fused-ring (bicyclic) bond motifs is 1. The molecule has 0 bridgehead atoms. The van der Waals surface area contributed by atoms with Gasteiger partial charge in [-0.2, -0.15) is 0 Å². The van der Waals surface area contributed by atoms with Gasteiger partial charge in [0.15, 0.2) is 0 Å². The number of ether oxygens (including phenoxy) is 1. The fourth-order valence-electron chi connectivity index (χ4n) is 3.24. The zero-order valence-electron chi connectivity index (χ0n) is 18.1. The zero-order chi connectivity index (χ0) is 22.8. The van der Waals surface area contributed by atoms with Crippen molar-refractivity contribution < 1.29 is 22.7 Å². The number of carbonyl (C=O) groups is 2. The third-order valence-electron chi connectivity index (χ3n) is 4.97. The maximum absolute atomic E-state index is 12.8. The Hall–Kier alpha value is -3.07. The van der Waals surface area contributed by atoms with Gasteiger partial charge in [0.05, 0.1) is 21.7 Å². The van der Waals surface area contributed by atoms with Crippen LogP contribution in [0.3, 0.4) is 0 Å². The van der Waals surface area contributed by atoms with Crippen LogP contribution in [0.1, 0.15) is 33.6 Å². The summed E-state index contributed by atoms with van der Waals surface area (Å²) < 4.78 is 33.9. The van der Waals surface area contributed by atoms with Crippen LogP contribution in [0.25, 0.3) is 0 Å². The van der Waals surface area contributed by atoms with E-state index in [2.05, 4.69) is 10.0 Å². The lowest BCUT2D eigenvalue weighted by Gasteiger charge is -2.24. The maximum Gasteiger partial charge on any atom is 0.261 e. The summed E-state index contributed by atoms with van der Waals surface area (Å²) in [5.74, 6) is 0.231. The predicted octanol–water partition coefficient (Wildman–Crippen LogP) is 3.61. The van der Waals surface area contributed by atoms with Crippen molar-refractivity contribution in [3.05, 3.63) is 42.5 Å². The van der Waals surface area contributed by atoms with Crippen molar-refractivity contribution in [3.8, 4) is 5.75 Å². The molecule has 2 aromatic carbocycles. The average molecular weight is 446 g/mol. The van der Waals surface area contributed by atoms with E-state index >= 15 is 0 Å². The molecular weight excluding hydrogens is 418 g/mol. The SMILES string of the molecule is CCCC(=O)Nc1ccc(S(=O)(=O)Nc2ccc3c(c2)OCC(C)(C)C(=O)N3C)cc1. The molecule has 2 N–H and O–H groups in total. The second-order valence-electron chi connectivity index (χ2n) is 8.15. The smallest absolute Gasteiger partial charge is 0.261 e. The number of amides is 2. The van der Waals surface area contributed by atoms with Crippen molar-refractivity contribution in [2.75, 3.05) is 28.6 Å². The predicted molar refractivity (Wildman–Crippen MR) is 120 cm³/mol. The van der Waals surface area contributed by atoms with E-state index in [1.807, 2.05) is 6.92 Å². The van der Waals surface area contributed by atoms with Crippen molar-refractivity contribution in [3.63, 3.8) is 0 Å². The molecule has 0 aromatic heterocycles. The lowest BCUT2D eigenvalue weighted by molar-refractivity contribution is -0.127. The lowest BCUT2D eigenvalue weighted by atomic mass is 9.93. The highest BCUT2D eigenvalue weighted by Crippen LogP contribution is 2.37. The van der Waals surface area contributed by atoms with Gasteiger partial charge in [-0.3, -0.25) is 14.3 Å². The Morgan fingerprint density at radius 1 is 1.13 bits per heavy atom. The second kappa shape index (κ2) is 8.58. The third-order valence-corrected chi connectivity index (χ3v) is 6.37. The van der Waals surface area contributed by atoms with Gasteiger partial charge in [-0.05, 0) is 56.7 Å². The molecule has 0 atom stereocenters. The summed E-state index contributed by atoms with van der Waals surface area (Å²) in [5, 5.41) is 2.72. The summed E-state index contributed by atoms with van der Waals surface area (Å²) in [5.41, 5.74) is 0.735. The fraction of sp³-hybridized carbons (Fsp3) is 0.364. The minimum atomic E-state index is -3.85. The van der Waals surface area contributed by atoms with Crippen LogP contribution >= 0.6 is 0 Å². The molecule has 8 nitrogen and oxygen atoms in total. The average Bonchev–Trinajstić information content (AvgIpc) is 2.79. The van der Waals surface area contributed by atoms with Crippen molar-refractivity contribution in [2.45, 2.75) is 38.5 Å². The van der Waals surface area contributed by atoms with Crippen LogP contribution in [0.5, 0.6) is 5.75 Å². The van der Waals surface area contributed by atoms with Gasteiger partial charge in [0.25, 0.3) is 10.0 Å². The molecule has 0 radical (unpaired) electrons. The van der Waals surface area contributed by atoms with Crippen molar-refractivity contribution >= 4 is 38.9 Å². The topological polar surface area (TPSA) is 105 Å². The van der Waals surface area contributed by atoms with Gasteiger partial charge in [0.1, 0.15) is 12.4 Å². The Kier molecular flexibility index (Phi) is 6.26. The van der Waals surface area contributed by atoms with E-state index in [1.165, 1.54) is 17.0 Å². The van der Waals surface area contributed by atoms with E-state index in [0.717, 1.165) is 6.42 Å². The molecule has 166 valence electrons. The van der Waals surface area contributed by atoms with Crippen molar-refractivity contribution in [1.82, 2.24) is 0 Å². The highest BCUT2D eigenvalue weighted by molar-refractivity contribution is 7.92. The monoisotopic (exact) mass is 445 g/mol. The van der Waals surface area contributed by atoms with Crippen molar-refractivity contribution in [2.24, 2.45) is 5.41 Å². The standard InChI is InChI=1S/C22H27N3O5S/c1-5-6-20(26)23-15-7-10-17(11-8-15)31(28,29)24-16-9-12-18-19(13-16)30-14-22(2,3)21(27)25(18)4/h7-13,24H,5-6,14H2,1-4H3,(H,23,26). The minimum absolute atomic E-state index is 0.0604. The Labute approximate surface area is 182 Å². The van der Waals surface area contributed by atoms with Gasteiger partial charge in [0.2, 0.25) is 11.8 Å². The second-order valence-corrected chi connectivity index (χ2v) is 9.83. The molecule has 2 aromatic rings. The Balaban J connectivity index is 1.79. The van der Waals surface area contributed by atoms with E-state index < -0.39 is 15.4 Å². The van der Waals surface area contributed by atoms with E-state index in [4.69, 9.17) is 4.74 Å². The van der Waals surface area contributed by atoms with E-state index in [9.17, 15) is 18.0 Å². The van der Waals surface area contributed by atoms with E-state index in [1.54, 1.807) is 51.2 Å². The minimum Gasteiger partial charge on any atom is -0.490 e. The fourth-order valence-corrected chi connectivity index (χ4v) is 4.29. The molecule has 0 saturated carbocycles. The Bertz CT molecular complexity index is 1090. The van der Waals surface area contributed by atoms with Gasteiger partial charge in [-0.1, -0.05) is 6.92 Å². The van der Waals surface area contributed by atoms with Crippen LogP contribution in [0.2, 0.25) is 0 Å². The molecule has 31 heavy (non-hydrogen) atoms. The number of nitrogens with one attached hydrogen (secondary N) is 2. The van der Waals surface area contributed by atoms with Crippen molar-refractivity contribution in [1.29, 1.82) is 0 Å². The number of carbonyl (C=O) groups excluding carboxylic acids is 2. The molecule has 0 saturated heterocycles. The maximum atomic E-state index is 12.8. The molecule has 0 fully saturated rings. The Morgan fingerprint density at radius 2 is 1.77 bits per heavy atom. The van der Waals surface area contributed by atoms with Gasteiger partial charge >= 0.3 is 0 Å². The zero-order valence-corrected chi connectivity index (χ0v) is 18.9. The van der Waals surface area contributed by atoms with Crippen LogP contribution in [-0.2, 0) is 19.6 Å². The summed E-state index contributed by atoms with van der Waals surface area (Å²) in [6, 6.07) is 10.8. The molecule has 9 heteroatoms. The number of hydrogen-bond donors (Lipinski definition) is 2. The molecule has 1 aliphatic rings. The van der Waals surface area contributed by atoms with Crippen LogP contribution in [0.15, 0.2) is 47.4 Å². The lowest BCUT2D eigenvalue weighted by Crippen LogP contribution is -2.39. The number of nitrogens with zero attached hydrogens (tertiary/aromatic N) is 1. The van der Waals surface area contributed by atoms with Gasteiger partial charge in [-0.25, -0.2) is 8.42 Å². The summed E-state index contributed by atoms with van der Waals surface area (Å²) in [6.45, 7) is 5.70. The van der Waals surface area contributed by atoms with Gasteiger partial charge < -0.3 is 15.0 Å². The normalized spacial score (nSPS) is 15.5. The molecule has 1 heterocycles. The summed E-state index contributed by atoms with van der Waals surface area (Å²) in [4.78, 5) is 25.8. The first-order chi connectivity index (χ1) is 14.5. The Morgan fingerprint density at radius 3 is 2.42 bits per heavy atom. The molecule has 0 unspecified atom stereocenters. The van der Waals surface area contributed by atoms with E-state index in [0.29, 0.717) is 29.2 Å². The number of hydrogen-bond acceptors (Lipinski definition) is 5. The van der Waals surface area contributed by atoms with Crippen LogP contribution in [0, 0.1) is 5.41 Å². The first-order valence-electron chi connectivity index (χ1n) is 10.0. The highest BCUT2D eigenvalue weighted by Gasteiger charge is 2.36. The van der Waals surface area contributed by atoms with Crippen LogP contribution in [0.4, 0.5) is 17.1 Å². The molecule has 1 aliphatic heterocycles. The third kappa shape index (κ3) is 4.99. The first-order valence-corrected chi connectivity index (χ1v) is 11.5. The summed E-state index contributed by atoms with van der Waals surface area (Å²) in [7, 11) is -2.18. The molecule has 0 aliphatic carbocycles. The number of sulfonamides is 1. The van der Waals surface area contributed by atoms with Crippen LogP contribution < -0.4 is 19.7 Å². The number of anilines is 3. The van der Waals surface area contributed by atoms with Gasteiger partial charge in [0, 0.05) is 25.2 Å². The highest BCUT2D eigenvalue weighted by atomic mass is 32.2. The molecule has 0 spiro atoms. The molecule has 3 rings (SSSR count). The van der Waals surface area contributed by atoms with E-state index in [-0.39, 0.29) is 23.3 Å². The number of rotatable bonds is 6. The van der Waals surface area contributed by atoms with Gasteiger partial charge in [-0.15, -0.1) is 0 Å². The quantitative estimate of drug-likeness (QED) is 0.707. The molecular formula is C22H27N3O5S.